The van der Waals surface area contributed by atoms with E-state index in [4.69, 9.17) is 4.42 Å². The lowest BCUT2D eigenvalue weighted by atomic mass is 10.0. The average Bonchev–Trinajstić information content (AvgIpc) is 2.74. The number of pyridine rings is 1. The van der Waals surface area contributed by atoms with E-state index in [0.29, 0.717) is 0 Å². The fourth-order valence-electron chi connectivity index (χ4n) is 2.57. The van der Waals surface area contributed by atoms with Crippen molar-refractivity contribution in [2.75, 3.05) is 0 Å². The summed E-state index contributed by atoms with van der Waals surface area (Å²) in [5.41, 5.74) is 3.30. The summed E-state index contributed by atoms with van der Waals surface area (Å²) < 4.78 is 5.41. The number of aromatic nitrogens is 1. The first-order valence-corrected chi connectivity index (χ1v) is 6.13. The van der Waals surface area contributed by atoms with Crippen LogP contribution in [0.5, 0.6) is 0 Å². The molecule has 0 amide bonds. The number of aromatic amines is 1. The van der Waals surface area contributed by atoms with Crippen LogP contribution in [-0.2, 0) is 12.8 Å². The molecule has 3 nitrogen and oxygen atoms in total. The van der Waals surface area contributed by atoms with Crippen molar-refractivity contribution < 1.29 is 4.42 Å². The Morgan fingerprint density at radius 2 is 2.06 bits per heavy atom. The van der Waals surface area contributed by atoms with Crippen LogP contribution in [0.4, 0.5) is 0 Å². The number of hydrogen-bond acceptors (Lipinski definition) is 2. The topological polar surface area (TPSA) is 46.0 Å². The van der Waals surface area contributed by atoms with Crippen LogP contribution < -0.4 is 5.56 Å². The summed E-state index contributed by atoms with van der Waals surface area (Å²) in [6.45, 7) is 0. The minimum absolute atomic E-state index is 0.0305. The predicted octanol–water partition coefficient (Wildman–Crippen LogP) is 2.90. The summed E-state index contributed by atoms with van der Waals surface area (Å²) >= 11 is 0. The second kappa shape index (κ2) is 4.24. The fourth-order valence-corrected chi connectivity index (χ4v) is 2.57. The van der Waals surface area contributed by atoms with Crippen molar-refractivity contribution in [3.63, 3.8) is 0 Å². The Kier molecular flexibility index (Phi) is 2.59. The second-order valence-corrected chi connectivity index (χ2v) is 4.55. The largest absolute Gasteiger partial charge is 0.463 e. The zero-order valence-electron chi connectivity index (χ0n) is 9.66. The van der Waals surface area contributed by atoms with Crippen molar-refractivity contribution in [2.24, 2.45) is 0 Å². The van der Waals surface area contributed by atoms with Crippen LogP contribution in [0.1, 0.15) is 30.4 Å². The highest BCUT2D eigenvalue weighted by atomic mass is 16.3. The zero-order chi connectivity index (χ0) is 11.7. The molecule has 2 aromatic heterocycles. The Morgan fingerprint density at radius 1 is 1.18 bits per heavy atom. The second-order valence-electron chi connectivity index (χ2n) is 4.55. The molecule has 0 bridgehead atoms. The quantitative estimate of drug-likeness (QED) is 0.764. The summed E-state index contributed by atoms with van der Waals surface area (Å²) in [5.74, 6) is 0.765. The summed E-state index contributed by atoms with van der Waals surface area (Å²) in [6, 6.07) is 5.49. The molecule has 88 valence electrons. The lowest BCUT2D eigenvalue weighted by Gasteiger charge is -2.09. The lowest BCUT2D eigenvalue weighted by molar-refractivity contribution is 0.578. The number of aryl methyl sites for hydroxylation is 1. The van der Waals surface area contributed by atoms with E-state index in [0.717, 1.165) is 24.3 Å². The minimum atomic E-state index is -0.0305. The molecule has 0 saturated heterocycles. The van der Waals surface area contributed by atoms with E-state index >= 15 is 0 Å². The van der Waals surface area contributed by atoms with E-state index in [1.54, 1.807) is 12.3 Å². The van der Waals surface area contributed by atoms with Crippen LogP contribution in [-0.4, -0.2) is 4.98 Å². The molecule has 2 heterocycles. The van der Waals surface area contributed by atoms with Crippen molar-refractivity contribution in [1.82, 2.24) is 4.98 Å². The summed E-state index contributed by atoms with van der Waals surface area (Å²) in [6.07, 6.45) is 7.28. The Balaban J connectivity index is 2.20. The van der Waals surface area contributed by atoms with Gasteiger partial charge >= 0.3 is 0 Å². The van der Waals surface area contributed by atoms with Gasteiger partial charge in [-0.15, -0.1) is 0 Å². The molecule has 1 aliphatic carbocycles. The van der Waals surface area contributed by atoms with Gasteiger partial charge in [-0.25, -0.2) is 0 Å². The van der Waals surface area contributed by atoms with E-state index in [2.05, 4.69) is 4.98 Å². The first-order chi connectivity index (χ1) is 8.34. The Morgan fingerprint density at radius 3 is 2.88 bits per heavy atom. The molecule has 0 atom stereocenters. The van der Waals surface area contributed by atoms with E-state index in [1.807, 2.05) is 12.1 Å². The molecule has 0 fully saturated rings. The van der Waals surface area contributed by atoms with Crippen molar-refractivity contribution in [3.8, 4) is 11.5 Å². The van der Waals surface area contributed by atoms with Gasteiger partial charge in [0, 0.05) is 6.07 Å². The maximum absolute atomic E-state index is 11.7. The van der Waals surface area contributed by atoms with Gasteiger partial charge in [-0.3, -0.25) is 4.79 Å². The number of H-pyrrole nitrogens is 1. The third-order valence-electron chi connectivity index (χ3n) is 3.38. The number of fused-ring (bicyclic) bond motifs is 1. The molecule has 17 heavy (non-hydrogen) atoms. The maximum atomic E-state index is 11.7. The molecule has 0 unspecified atom stereocenters. The zero-order valence-corrected chi connectivity index (χ0v) is 9.66. The fraction of sp³-hybridized carbons (Fsp3) is 0.357. The van der Waals surface area contributed by atoms with Crippen LogP contribution in [0.25, 0.3) is 11.5 Å². The number of rotatable bonds is 1. The molecular formula is C14H15NO2. The highest BCUT2D eigenvalue weighted by Gasteiger charge is 2.16. The SMILES string of the molecule is O=c1cc2c(c(-c3ccco3)[nH]1)CCCCC2. The smallest absolute Gasteiger partial charge is 0.248 e. The summed E-state index contributed by atoms with van der Waals surface area (Å²) in [5, 5.41) is 0. The predicted molar refractivity (Wildman–Crippen MR) is 66.0 cm³/mol. The molecule has 2 aromatic rings. The molecular weight excluding hydrogens is 214 g/mol. The van der Waals surface area contributed by atoms with Crippen LogP contribution in [0, 0.1) is 0 Å². The van der Waals surface area contributed by atoms with Gasteiger partial charge in [-0.1, -0.05) is 6.42 Å². The molecule has 0 spiro atoms. The number of nitrogens with one attached hydrogen (secondary N) is 1. The van der Waals surface area contributed by atoms with Crippen LogP contribution >= 0.6 is 0 Å². The van der Waals surface area contributed by atoms with E-state index in [-0.39, 0.29) is 5.56 Å². The van der Waals surface area contributed by atoms with Crippen molar-refractivity contribution in [3.05, 3.63) is 45.9 Å². The number of furan rings is 1. The van der Waals surface area contributed by atoms with Crippen LogP contribution in [0.15, 0.2) is 33.7 Å². The first-order valence-electron chi connectivity index (χ1n) is 6.13. The van der Waals surface area contributed by atoms with Gasteiger partial charge in [0.15, 0.2) is 0 Å². The van der Waals surface area contributed by atoms with Gasteiger partial charge in [0.1, 0.15) is 5.76 Å². The lowest BCUT2D eigenvalue weighted by Crippen LogP contribution is -2.11. The van der Waals surface area contributed by atoms with Gasteiger partial charge in [0.2, 0.25) is 5.56 Å². The van der Waals surface area contributed by atoms with Gasteiger partial charge in [0.05, 0.1) is 12.0 Å². The van der Waals surface area contributed by atoms with E-state index < -0.39 is 0 Å². The van der Waals surface area contributed by atoms with Gasteiger partial charge in [-0.05, 0) is 48.9 Å². The van der Waals surface area contributed by atoms with E-state index in [9.17, 15) is 4.79 Å². The molecule has 0 radical (unpaired) electrons. The highest BCUT2D eigenvalue weighted by molar-refractivity contribution is 5.59. The maximum Gasteiger partial charge on any atom is 0.248 e. The number of hydrogen-bond donors (Lipinski definition) is 1. The average molecular weight is 229 g/mol. The third kappa shape index (κ3) is 1.93. The monoisotopic (exact) mass is 229 g/mol. The minimum Gasteiger partial charge on any atom is -0.463 e. The molecule has 3 heteroatoms. The molecule has 3 rings (SSSR count). The molecule has 0 saturated carbocycles. The van der Waals surface area contributed by atoms with Crippen LogP contribution in [0.3, 0.4) is 0 Å². The summed E-state index contributed by atoms with van der Waals surface area (Å²) in [7, 11) is 0. The first kappa shape index (κ1) is 10.4. The van der Waals surface area contributed by atoms with Crippen molar-refractivity contribution >= 4 is 0 Å². The standard InChI is InChI=1S/C14H15NO2/c16-13-9-10-5-2-1-3-6-11(10)14(15-13)12-7-4-8-17-12/h4,7-9H,1-3,5-6H2,(H,15,16). The van der Waals surface area contributed by atoms with Crippen molar-refractivity contribution in [2.45, 2.75) is 32.1 Å². The Bertz CT molecular complexity index is 566. The molecule has 1 N–H and O–H groups in total. The molecule has 0 aromatic carbocycles. The Hall–Kier alpha value is -1.77. The van der Waals surface area contributed by atoms with Crippen LogP contribution in [0.2, 0.25) is 0 Å². The molecule has 0 aliphatic heterocycles. The van der Waals surface area contributed by atoms with Crippen molar-refractivity contribution in [1.29, 1.82) is 0 Å². The van der Waals surface area contributed by atoms with Gasteiger partial charge in [0.25, 0.3) is 0 Å². The normalized spacial score (nSPS) is 15.3. The third-order valence-corrected chi connectivity index (χ3v) is 3.38. The van der Waals surface area contributed by atoms with Gasteiger partial charge < -0.3 is 9.40 Å². The van der Waals surface area contributed by atoms with Gasteiger partial charge in [-0.2, -0.15) is 0 Å². The molecule has 1 aliphatic rings. The summed E-state index contributed by atoms with van der Waals surface area (Å²) in [4.78, 5) is 14.6. The highest BCUT2D eigenvalue weighted by Crippen LogP contribution is 2.28. The Labute approximate surface area is 99.5 Å². The van der Waals surface area contributed by atoms with E-state index in [1.165, 1.54) is 30.4 Å².